The first-order valence-electron chi connectivity index (χ1n) is 6.73. The second kappa shape index (κ2) is 5.62. The molecule has 0 amide bonds. The van der Waals surface area contributed by atoms with Gasteiger partial charge in [-0.05, 0) is 57.2 Å². The maximum absolute atomic E-state index is 9.66. The summed E-state index contributed by atoms with van der Waals surface area (Å²) in [4.78, 5) is 2.45. The zero-order chi connectivity index (χ0) is 13.3. The SMILES string of the molecule is CC(C)N(CC1CC1)c1ccc([C@@H](C)O)c(Br)c1. The van der Waals surface area contributed by atoms with Crippen molar-refractivity contribution in [3.63, 3.8) is 0 Å². The predicted molar refractivity (Wildman–Crippen MR) is 80.0 cm³/mol. The van der Waals surface area contributed by atoms with Gasteiger partial charge < -0.3 is 10.0 Å². The highest BCUT2D eigenvalue weighted by molar-refractivity contribution is 9.10. The first-order valence-corrected chi connectivity index (χ1v) is 7.52. The van der Waals surface area contributed by atoms with Crippen molar-refractivity contribution in [1.82, 2.24) is 0 Å². The number of nitrogens with zero attached hydrogens (tertiary/aromatic N) is 1. The molecule has 100 valence electrons. The molecule has 1 aromatic carbocycles. The van der Waals surface area contributed by atoms with Crippen molar-refractivity contribution in [3.8, 4) is 0 Å². The van der Waals surface area contributed by atoms with E-state index in [1.165, 1.54) is 18.5 Å². The summed E-state index contributed by atoms with van der Waals surface area (Å²) in [5, 5.41) is 9.66. The summed E-state index contributed by atoms with van der Waals surface area (Å²) >= 11 is 3.56. The molecule has 1 aliphatic carbocycles. The Morgan fingerprint density at radius 3 is 2.44 bits per heavy atom. The molecule has 0 bridgehead atoms. The van der Waals surface area contributed by atoms with E-state index in [9.17, 15) is 5.11 Å². The number of aliphatic hydroxyl groups excluding tert-OH is 1. The van der Waals surface area contributed by atoms with Gasteiger partial charge in [-0.1, -0.05) is 22.0 Å². The summed E-state index contributed by atoms with van der Waals surface area (Å²) in [5.41, 5.74) is 2.20. The van der Waals surface area contributed by atoms with Gasteiger partial charge in [0.15, 0.2) is 0 Å². The van der Waals surface area contributed by atoms with Crippen molar-refractivity contribution >= 4 is 21.6 Å². The number of rotatable bonds is 5. The fourth-order valence-corrected chi connectivity index (χ4v) is 2.92. The van der Waals surface area contributed by atoms with Crippen LogP contribution in [0.1, 0.15) is 45.3 Å². The van der Waals surface area contributed by atoms with E-state index in [0.717, 1.165) is 22.5 Å². The van der Waals surface area contributed by atoms with E-state index in [0.29, 0.717) is 6.04 Å². The summed E-state index contributed by atoms with van der Waals surface area (Å²) in [5.74, 6) is 0.877. The lowest BCUT2D eigenvalue weighted by molar-refractivity contribution is 0.198. The van der Waals surface area contributed by atoms with E-state index in [1.807, 2.05) is 6.07 Å². The van der Waals surface area contributed by atoms with E-state index in [2.05, 4.69) is 46.8 Å². The Hall–Kier alpha value is -0.540. The van der Waals surface area contributed by atoms with Crippen molar-refractivity contribution in [3.05, 3.63) is 28.2 Å². The molecule has 1 aromatic rings. The van der Waals surface area contributed by atoms with Crippen LogP contribution >= 0.6 is 15.9 Å². The number of halogens is 1. The van der Waals surface area contributed by atoms with Gasteiger partial charge in [0.2, 0.25) is 0 Å². The van der Waals surface area contributed by atoms with Crippen LogP contribution in [0.25, 0.3) is 0 Å². The van der Waals surface area contributed by atoms with Gasteiger partial charge in [0.25, 0.3) is 0 Å². The van der Waals surface area contributed by atoms with Crippen LogP contribution in [-0.4, -0.2) is 17.7 Å². The Kier molecular flexibility index (Phi) is 4.33. The maximum Gasteiger partial charge on any atom is 0.0772 e. The first kappa shape index (κ1) is 13.9. The summed E-state index contributed by atoms with van der Waals surface area (Å²) in [6, 6.07) is 6.78. The number of hydrogen-bond donors (Lipinski definition) is 1. The van der Waals surface area contributed by atoms with E-state index >= 15 is 0 Å². The van der Waals surface area contributed by atoms with Crippen molar-refractivity contribution < 1.29 is 5.11 Å². The Balaban J connectivity index is 2.21. The molecule has 0 aromatic heterocycles. The van der Waals surface area contributed by atoms with Gasteiger partial charge in [-0.2, -0.15) is 0 Å². The van der Waals surface area contributed by atoms with Gasteiger partial charge in [0.05, 0.1) is 6.10 Å². The molecule has 1 saturated carbocycles. The lowest BCUT2D eigenvalue weighted by atomic mass is 10.1. The zero-order valence-electron chi connectivity index (χ0n) is 11.4. The molecule has 0 heterocycles. The molecule has 3 heteroatoms. The van der Waals surface area contributed by atoms with Crippen LogP contribution in [0.2, 0.25) is 0 Å². The van der Waals surface area contributed by atoms with Crippen molar-refractivity contribution in [1.29, 1.82) is 0 Å². The van der Waals surface area contributed by atoms with Crippen LogP contribution in [-0.2, 0) is 0 Å². The average molecular weight is 312 g/mol. The van der Waals surface area contributed by atoms with Crippen LogP contribution in [0, 0.1) is 5.92 Å². The third-order valence-electron chi connectivity index (χ3n) is 3.54. The van der Waals surface area contributed by atoms with Crippen molar-refractivity contribution in [2.75, 3.05) is 11.4 Å². The minimum Gasteiger partial charge on any atom is -0.389 e. The van der Waals surface area contributed by atoms with E-state index < -0.39 is 6.10 Å². The number of hydrogen-bond acceptors (Lipinski definition) is 2. The molecule has 0 spiro atoms. The molecule has 0 saturated heterocycles. The minimum absolute atomic E-state index is 0.427. The molecule has 2 nitrogen and oxygen atoms in total. The molecule has 2 rings (SSSR count). The van der Waals surface area contributed by atoms with Crippen molar-refractivity contribution in [2.45, 2.75) is 45.8 Å². The molecule has 0 aliphatic heterocycles. The van der Waals surface area contributed by atoms with E-state index in [4.69, 9.17) is 0 Å². The highest BCUT2D eigenvalue weighted by Crippen LogP contribution is 2.34. The smallest absolute Gasteiger partial charge is 0.0772 e. The summed E-state index contributed by atoms with van der Waals surface area (Å²) in [7, 11) is 0. The van der Waals surface area contributed by atoms with Crippen LogP contribution in [0.5, 0.6) is 0 Å². The molecular formula is C15H22BrNO. The van der Waals surface area contributed by atoms with Crippen LogP contribution in [0.3, 0.4) is 0 Å². The normalized spacial score (nSPS) is 17.0. The zero-order valence-corrected chi connectivity index (χ0v) is 12.9. The number of benzene rings is 1. The second-order valence-corrected chi connectivity index (χ2v) is 6.43. The van der Waals surface area contributed by atoms with Crippen molar-refractivity contribution in [2.24, 2.45) is 5.92 Å². The summed E-state index contributed by atoms with van der Waals surface area (Å²) < 4.78 is 0.997. The molecule has 0 unspecified atom stereocenters. The molecule has 1 N–H and O–H groups in total. The minimum atomic E-state index is -0.427. The quantitative estimate of drug-likeness (QED) is 0.884. The van der Waals surface area contributed by atoms with Crippen LogP contribution in [0.15, 0.2) is 22.7 Å². The summed E-state index contributed by atoms with van der Waals surface area (Å²) in [6.07, 6.45) is 2.32. The molecule has 18 heavy (non-hydrogen) atoms. The first-order chi connectivity index (χ1) is 8.49. The second-order valence-electron chi connectivity index (χ2n) is 5.57. The third kappa shape index (κ3) is 3.27. The molecule has 1 atom stereocenters. The van der Waals surface area contributed by atoms with Gasteiger partial charge in [-0.15, -0.1) is 0 Å². The van der Waals surface area contributed by atoms with E-state index in [-0.39, 0.29) is 0 Å². The topological polar surface area (TPSA) is 23.5 Å². The van der Waals surface area contributed by atoms with Crippen LogP contribution in [0.4, 0.5) is 5.69 Å². The fraction of sp³-hybridized carbons (Fsp3) is 0.600. The van der Waals surface area contributed by atoms with Crippen LogP contribution < -0.4 is 4.90 Å². The monoisotopic (exact) mass is 311 g/mol. The Bertz CT molecular complexity index is 413. The highest BCUT2D eigenvalue weighted by atomic mass is 79.9. The number of aliphatic hydroxyl groups is 1. The lowest BCUT2D eigenvalue weighted by Crippen LogP contribution is -2.32. The highest BCUT2D eigenvalue weighted by Gasteiger charge is 2.26. The fourth-order valence-electron chi connectivity index (χ4n) is 2.23. The standard InChI is InChI=1S/C15H22BrNO/c1-10(2)17(9-12-4-5-12)13-6-7-14(11(3)18)15(16)8-13/h6-8,10-12,18H,4-5,9H2,1-3H3/t11-/m1/s1. The Morgan fingerprint density at radius 2 is 2.00 bits per heavy atom. The Labute approximate surface area is 118 Å². The number of anilines is 1. The van der Waals surface area contributed by atoms with Gasteiger partial charge >= 0.3 is 0 Å². The molecular weight excluding hydrogens is 290 g/mol. The molecule has 1 fully saturated rings. The molecule has 1 aliphatic rings. The third-order valence-corrected chi connectivity index (χ3v) is 4.23. The van der Waals surface area contributed by atoms with Gasteiger partial charge in [0.1, 0.15) is 0 Å². The predicted octanol–water partition coefficient (Wildman–Crippen LogP) is 4.13. The van der Waals surface area contributed by atoms with Gasteiger partial charge in [0, 0.05) is 22.7 Å². The largest absolute Gasteiger partial charge is 0.389 e. The van der Waals surface area contributed by atoms with E-state index in [1.54, 1.807) is 6.92 Å². The lowest BCUT2D eigenvalue weighted by Gasteiger charge is -2.29. The summed E-state index contributed by atoms with van der Waals surface area (Å²) in [6.45, 7) is 7.42. The van der Waals surface area contributed by atoms with Gasteiger partial charge in [-0.3, -0.25) is 0 Å². The molecule has 0 radical (unpaired) electrons. The maximum atomic E-state index is 9.66. The average Bonchev–Trinajstić information content (AvgIpc) is 3.08. The Morgan fingerprint density at radius 1 is 1.33 bits per heavy atom. The van der Waals surface area contributed by atoms with Gasteiger partial charge in [-0.25, -0.2) is 0 Å².